The van der Waals surface area contributed by atoms with Crippen LogP contribution in [0.15, 0.2) is 6.07 Å². The molecule has 0 atom stereocenters. The van der Waals surface area contributed by atoms with Crippen LogP contribution in [0.3, 0.4) is 0 Å². The van der Waals surface area contributed by atoms with Crippen LogP contribution in [-0.4, -0.2) is 35.3 Å². The summed E-state index contributed by atoms with van der Waals surface area (Å²) in [4.78, 5) is 43.8. The van der Waals surface area contributed by atoms with Crippen molar-refractivity contribution in [3.63, 3.8) is 0 Å². The molecule has 0 spiro atoms. The van der Waals surface area contributed by atoms with Gasteiger partial charge >= 0.3 is 11.7 Å². The maximum Gasteiger partial charge on any atom is 0.374 e. The van der Waals surface area contributed by atoms with Crippen LogP contribution in [0.2, 0.25) is 0 Å². The molecular formula is C13H14N2O8. The zero-order chi connectivity index (χ0) is 17.7. The lowest BCUT2D eigenvalue weighted by Gasteiger charge is -2.10. The summed E-state index contributed by atoms with van der Waals surface area (Å²) in [7, 11) is 1.16. The fourth-order valence-electron chi connectivity index (χ4n) is 2.04. The van der Waals surface area contributed by atoms with E-state index >= 15 is 0 Å². The predicted octanol–water partition coefficient (Wildman–Crippen LogP) is 1.49. The first-order valence-electron chi connectivity index (χ1n) is 6.43. The largest absolute Gasteiger partial charge is 0.490 e. The van der Waals surface area contributed by atoms with E-state index in [4.69, 9.17) is 4.74 Å². The highest BCUT2D eigenvalue weighted by Gasteiger charge is 2.34. The van der Waals surface area contributed by atoms with Gasteiger partial charge in [0.15, 0.2) is 0 Å². The van der Waals surface area contributed by atoms with E-state index in [0.717, 1.165) is 13.2 Å². The van der Waals surface area contributed by atoms with Crippen molar-refractivity contribution in [3.05, 3.63) is 37.4 Å². The van der Waals surface area contributed by atoms with Gasteiger partial charge in [-0.2, -0.15) is 0 Å². The number of benzene rings is 1. The van der Waals surface area contributed by atoms with Crippen molar-refractivity contribution in [2.75, 3.05) is 13.7 Å². The van der Waals surface area contributed by atoms with Crippen molar-refractivity contribution in [1.29, 1.82) is 0 Å². The van der Waals surface area contributed by atoms with Crippen LogP contribution in [0, 0.1) is 27.2 Å². The van der Waals surface area contributed by atoms with E-state index in [1.54, 1.807) is 0 Å². The molecule has 0 heterocycles. The number of aryl methyl sites for hydroxylation is 1. The average molecular weight is 326 g/mol. The third-order valence-corrected chi connectivity index (χ3v) is 2.95. The Bertz CT molecular complexity index is 683. The van der Waals surface area contributed by atoms with Crippen molar-refractivity contribution in [2.24, 2.45) is 0 Å². The minimum Gasteiger partial charge on any atom is -0.490 e. The maximum atomic E-state index is 11.8. The minimum absolute atomic E-state index is 0.0635. The van der Waals surface area contributed by atoms with Crippen LogP contribution >= 0.6 is 0 Å². The molecule has 0 bridgehead atoms. The molecule has 0 fully saturated rings. The zero-order valence-corrected chi connectivity index (χ0v) is 12.7. The fourth-order valence-corrected chi connectivity index (χ4v) is 2.04. The number of Topliss-reactive ketones (excluding diaryl/α,β-unsaturated/α-hetero) is 1. The van der Waals surface area contributed by atoms with Gasteiger partial charge in [0.25, 0.3) is 5.69 Å². The smallest absolute Gasteiger partial charge is 0.374 e. The Labute approximate surface area is 130 Å². The van der Waals surface area contributed by atoms with Gasteiger partial charge in [0.1, 0.15) is 5.56 Å². The summed E-state index contributed by atoms with van der Waals surface area (Å²) >= 11 is 0. The monoisotopic (exact) mass is 326 g/mol. The Morgan fingerprint density at radius 1 is 1.22 bits per heavy atom. The Balaban J connectivity index is 3.54. The summed E-state index contributed by atoms with van der Waals surface area (Å²) in [5.74, 6) is -2.54. The second-order valence-electron chi connectivity index (χ2n) is 4.41. The molecule has 0 radical (unpaired) electrons. The molecule has 0 amide bonds. The Morgan fingerprint density at radius 3 is 2.26 bits per heavy atom. The van der Waals surface area contributed by atoms with Crippen molar-refractivity contribution in [2.45, 2.75) is 20.3 Å². The van der Waals surface area contributed by atoms with Crippen molar-refractivity contribution < 1.29 is 28.9 Å². The highest BCUT2D eigenvalue weighted by Crippen LogP contribution is 2.40. The first-order chi connectivity index (χ1) is 10.7. The number of methoxy groups -OCH3 is 1. The van der Waals surface area contributed by atoms with Gasteiger partial charge in [-0.05, 0) is 13.8 Å². The van der Waals surface area contributed by atoms with Gasteiger partial charge in [-0.25, -0.2) is 4.79 Å². The van der Waals surface area contributed by atoms with Crippen LogP contribution in [0.25, 0.3) is 0 Å². The van der Waals surface area contributed by atoms with Crippen LogP contribution < -0.4 is 4.74 Å². The number of hydrogen-bond donors (Lipinski definition) is 0. The number of nitro groups is 2. The maximum absolute atomic E-state index is 11.8. The normalized spacial score (nSPS) is 10.0. The molecule has 0 aliphatic rings. The minimum atomic E-state index is -1.21. The number of carbonyl (C=O) groups is 2. The quantitative estimate of drug-likeness (QED) is 0.318. The summed E-state index contributed by atoms with van der Waals surface area (Å²) < 4.78 is 9.41. The SMILES string of the molecule is CCOC(=O)C(=O)Cc1c([N+](=O)[O-])cc(C)c(OC)c1[N+](=O)[O-]. The van der Waals surface area contributed by atoms with Gasteiger partial charge in [-0.1, -0.05) is 0 Å². The van der Waals surface area contributed by atoms with E-state index in [1.807, 2.05) is 0 Å². The summed E-state index contributed by atoms with van der Waals surface area (Å²) in [6.07, 6.45) is -0.831. The van der Waals surface area contributed by atoms with E-state index in [1.165, 1.54) is 13.8 Å². The van der Waals surface area contributed by atoms with Gasteiger partial charge in [0.2, 0.25) is 11.5 Å². The molecular weight excluding hydrogens is 312 g/mol. The Hall–Kier alpha value is -3.04. The van der Waals surface area contributed by atoms with Crippen LogP contribution in [0.1, 0.15) is 18.1 Å². The lowest BCUT2D eigenvalue weighted by atomic mass is 10.0. The molecule has 10 heteroatoms. The molecule has 1 aromatic carbocycles. The Kier molecular flexibility index (Phi) is 5.71. The number of esters is 1. The highest BCUT2D eigenvalue weighted by atomic mass is 16.6. The molecule has 0 unspecified atom stereocenters. The highest BCUT2D eigenvalue weighted by molar-refractivity contribution is 6.34. The van der Waals surface area contributed by atoms with Crippen LogP contribution in [-0.2, 0) is 20.7 Å². The van der Waals surface area contributed by atoms with Crippen LogP contribution in [0.4, 0.5) is 11.4 Å². The summed E-state index contributed by atoms with van der Waals surface area (Å²) in [6, 6.07) is 1.06. The van der Waals surface area contributed by atoms with Crippen molar-refractivity contribution >= 4 is 23.1 Å². The molecule has 1 aromatic rings. The van der Waals surface area contributed by atoms with E-state index in [0.29, 0.717) is 0 Å². The molecule has 23 heavy (non-hydrogen) atoms. The molecule has 0 N–H and O–H groups in total. The lowest BCUT2D eigenvalue weighted by molar-refractivity contribution is -0.396. The molecule has 0 aliphatic carbocycles. The fraction of sp³-hybridized carbons (Fsp3) is 0.385. The third-order valence-electron chi connectivity index (χ3n) is 2.95. The molecule has 10 nitrogen and oxygen atoms in total. The summed E-state index contributed by atoms with van der Waals surface area (Å²) in [6.45, 7) is 2.81. The molecule has 124 valence electrons. The van der Waals surface area contributed by atoms with E-state index in [-0.39, 0.29) is 17.9 Å². The number of ether oxygens (including phenoxy) is 2. The first-order valence-corrected chi connectivity index (χ1v) is 6.43. The van der Waals surface area contributed by atoms with E-state index in [2.05, 4.69) is 4.74 Å². The van der Waals surface area contributed by atoms with Crippen molar-refractivity contribution in [3.8, 4) is 5.75 Å². The number of ketones is 1. The van der Waals surface area contributed by atoms with Gasteiger partial charge in [0, 0.05) is 11.6 Å². The number of nitro benzene ring substituents is 2. The average Bonchev–Trinajstić information content (AvgIpc) is 2.47. The molecule has 0 aromatic heterocycles. The van der Waals surface area contributed by atoms with Gasteiger partial charge in [0.05, 0.1) is 30.0 Å². The zero-order valence-electron chi connectivity index (χ0n) is 12.7. The standard InChI is InChI=1S/C13H14N2O8/c1-4-23-13(17)10(16)6-8-9(14(18)19)5-7(2)12(22-3)11(8)15(20)21/h5H,4,6H2,1-3H3. The number of hydrogen-bond acceptors (Lipinski definition) is 8. The predicted molar refractivity (Wildman–Crippen MR) is 76.4 cm³/mol. The summed E-state index contributed by atoms with van der Waals surface area (Å²) in [5.41, 5.74) is -1.68. The second-order valence-corrected chi connectivity index (χ2v) is 4.41. The van der Waals surface area contributed by atoms with Gasteiger partial charge in [-0.3, -0.25) is 25.0 Å². The van der Waals surface area contributed by atoms with E-state index < -0.39 is 45.0 Å². The molecule has 0 aliphatic heterocycles. The molecule has 1 rings (SSSR count). The second kappa shape index (κ2) is 7.29. The Morgan fingerprint density at radius 2 is 1.83 bits per heavy atom. The molecule has 0 saturated heterocycles. The third kappa shape index (κ3) is 3.78. The first kappa shape index (κ1) is 18.0. The van der Waals surface area contributed by atoms with Gasteiger partial charge < -0.3 is 9.47 Å². The van der Waals surface area contributed by atoms with E-state index in [9.17, 15) is 29.8 Å². The van der Waals surface area contributed by atoms with Crippen LogP contribution in [0.5, 0.6) is 5.75 Å². The molecule has 0 saturated carbocycles. The van der Waals surface area contributed by atoms with Crippen molar-refractivity contribution in [1.82, 2.24) is 0 Å². The topological polar surface area (TPSA) is 139 Å². The van der Waals surface area contributed by atoms with Gasteiger partial charge in [-0.15, -0.1) is 0 Å². The lowest BCUT2D eigenvalue weighted by Crippen LogP contribution is -2.20. The number of carbonyl (C=O) groups excluding carboxylic acids is 2. The number of rotatable bonds is 7. The number of nitrogens with zero attached hydrogens (tertiary/aromatic N) is 2. The summed E-state index contributed by atoms with van der Waals surface area (Å²) in [5, 5.41) is 22.4.